The molecule has 92 valence electrons. The molecule has 1 aromatic rings. The molecule has 1 saturated carbocycles. The van der Waals surface area contributed by atoms with Crippen molar-refractivity contribution in [1.29, 1.82) is 0 Å². The minimum absolute atomic E-state index is 0.0152. The Kier molecular flexibility index (Phi) is 2.56. The highest BCUT2D eigenvalue weighted by atomic mass is 16.5. The molecule has 3 N–H and O–H groups in total. The summed E-state index contributed by atoms with van der Waals surface area (Å²) in [5, 5.41) is 10.4. The maximum Gasteiger partial charge on any atom is 0.0909 e. The van der Waals surface area contributed by atoms with Gasteiger partial charge in [0.2, 0.25) is 0 Å². The SMILES string of the molecule is Nc1cnccc1[C@H]1CC[C@]2(O)CCC[C@H]2O1. The van der Waals surface area contributed by atoms with Crippen LogP contribution in [0.4, 0.5) is 5.69 Å². The van der Waals surface area contributed by atoms with Crippen molar-refractivity contribution < 1.29 is 9.84 Å². The van der Waals surface area contributed by atoms with Gasteiger partial charge in [-0.3, -0.25) is 4.98 Å². The van der Waals surface area contributed by atoms with E-state index in [0.29, 0.717) is 5.69 Å². The monoisotopic (exact) mass is 234 g/mol. The van der Waals surface area contributed by atoms with Gasteiger partial charge in [0, 0.05) is 11.8 Å². The van der Waals surface area contributed by atoms with Gasteiger partial charge in [0.05, 0.1) is 29.7 Å². The molecule has 2 fully saturated rings. The number of fused-ring (bicyclic) bond motifs is 1. The molecule has 4 heteroatoms. The molecule has 1 aliphatic carbocycles. The number of pyridine rings is 1. The fourth-order valence-electron chi connectivity index (χ4n) is 3.09. The zero-order chi connectivity index (χ0) is 11.9. The van der Waals surface area contributed by atoms with Crippen molar-refractivity contribution in [1.82, 2.24) is 4.98 Å². The number of nitrogens with two attached hydrogens (primary N) is 1. The zero-order valence-corrected chi connectivity index (χ0v) is 9.80. The molecule has 4 nitrogen and oxygen atoms in total. The zero-order valence-electron chi connectivity index (χ0n) is 9.80. The van der Waals surface area contributed by atoms with Gasteiger partial charge in [-0.2, -0.15) is 0 Å². The molecule has 0 bridgehead atoms. The van der Waals surface area contributed by atoms with E-state index in [9.17, 15) is 5.11 Å². The summed E-state index contributed by atoms with van der Waals surface area (Å²) in [6.45, 7) is 0. The third-order valence-electron chi connectivity index (χ3n) is 4.08. The van der Waals surface area contributed by atoms with Crippen LogP contribution >= 0.6 is 0 Å². The molecule has 1 aromatic heterocycles. The highest BCUT2D eigenvalue weighted by Crippen LogP contribution is 2.45. The Morgan fingerprint density at radius 3 is 3.12 bits per heavy atom. The van der Waals surface area contributed by atoms with E-state index in [1.165, 1.54) is 0 Å². The summed E-state index contributed by atoms with van der Waals surface area (Å²) in [6.07, 6.45) is 7.92. The molecule has 0 radical (unpaired) electrons. The second-order valence-corrected chi connectivity index (χ2v) is 5.15. The fraction of sp³-hybridized carbons (Fsp3) is 0.615. The number of hydrogen-bond donors (Lipinski definition) is 2. The Hall–Kier alpha value is -1.13. The first-order chi connectivity index (χ1) is 8.19. The third kappa shape index (κ3) is 1.81. The van der Waals surface area contributed by atoms with Crippen LogP contribution in [0.1, 0.15) is 43.8 Å². The van der Waals surface area contributed by atoms with Gasteiger partial charge >= 0.3 is 0 Å². The Morgan fingerprint density at radius 2 is 2.29 bits per heavy atom. The van der Waals surface area contributed by atoms with Crippen molar-refractivity contribution in [2.24, 2.45) is 0 Å². The van der Waals surface area contributed by atoms with Crippen molar-refractivity contribution in [2.75, 3.05) is 5.73 Å². The average molecular weight is 234 g/mol. The number of aliphatic hydroxyl groups is 1. The number of hydrogen-bond acceptors (Lipinski definition) is 4. The van der Waals surface area contributed by atoms with Crippen LogP contribution in [-0.2, 0) is 4.74 Å². The van der Waals surface area contributed by atoms with E-state index in [1.807, 2.05) is 6.07 Å². The van der Waals surface area contributed by atoms with Crippen LogP contribution in [-0.4, -0.2) is 21.8 Å². The van der Waals surface area contributed by atoms with Crippen molar-refractivity contribution in [3.8, 4) is 0 Å². The van der Waals surface area contributed by atoms with Gasteiger partial charge < -0.3 is 15.6 Å². The molecule has 0 aromatic carbocycles. The van der Waals surface area contributed by atoms with Crippen molar-refractivity contribution >= 4 is 5.69 Å². The minimum atomic E-state index is -0.585. The number of nitrogen functional groups attached to an aromatic ring is 1. The van der Waals surface area contributed by atoms with Gasteiger partial charge in [-0.1, -0.05) is 0 Å². The van der Waals surface area contributed by atoms with E-state index in [0.717, 1.165) is 37.7 Å². The van der Waals surface area contributed by atoms with Crippen molar-refractivity contribution in [2.45, 2.75) is 49.9 Å². The Balaban J connectivity index is 1.82. The van der Waals surface area contributed by atoms with Crippen LogP contribution in [0.15, 0.2) is 18.5 Å². The topological polar surface area (TPSA) is 68.4 Å². The number of rotatable bonds is 1. The number of ether oxygens (including phenoxy) is 1. The molecular weight excluding hydrogens is 216 g/mol. The van der Waals surface area contributed by atoms with Gasteiger partial charge in [-0.05, 0) is 38.2 Å². The number of nitrogens with zero attached hydrogens (tertiary/aromatic N) is 1. The molecule has 3 atom stereocenters. The number of aromatic nitrogens is 1. The van der Waals surface area contributed by atoms with Gasteiger partial charge in [0.25, 0.3) is 0 Å². The summed E-state index contributed by atoms with van der Waals surface area (Å²) >= 11 is 0. The highest BCUT2D eigenvalue weighted by molar-refractivity contribution is 5.45. The summed E-state index contributed by atoms with van der Waals surface area (Å²) in [4.78, 5) is 3.99. The van der Waals surface area contributed by atoms with E-state index in [1.54, 1.807) is 12.4 Å². The Morgan fingerprint density at radius 1 is 1.41 bits per heavy atom. The van der Waals surface area contributed by atoms with E-state index in [-0.39, 0.29) is 12.2 Å². The summed E-state index contributed by atoms with van der Waals surface area (Å²) < 4.78 is 6.02. The lowest BCUT2D eigenvalue weighted by atomic mass is 9.87. The first kappa shape index (κ1) is 11.0. The number of anilines is 1. The van der Waals surface area contributed by atoms with Crippen LogP contribution in [0.2, 0.25) is 0 Å². The standard InChI is InChI=1S/C13H18N2O2/c14-10-8-15-7-4-9(10)11-3-6-13(16)5-1-2-12(13)17-11/h4,7-8,11-12,16H,1-3,5-6,14H2/t11-,12-,13-/m1/s1. The molecule has 2 heterocycles. The molecule has 17 heavy (non-hydrogen) atoms. The van der Waals surface area contributed by atoms with Gasteiger partial charge in [0.15, 0.2) is 0 Å². The molecule has 2 aliphatic rings. The molecule has 1 saturated heterocycles. The lowest BCUT2D eigenvalue weighted by Crippen LogP contribution is -2.44. The summed E-state index contributed by atoms with van der Waals surface area (Å²) in [5.41, 5.74) is 7.02. The third-order valence-corrected chi connectivity index (χ3v) is 4.08. The lowest BCUT2D eigenvalue weighted by Gasteiger charge is -2.39. The molecular formula is C13H18N2O2. The minimum Gasteiger partial charge on any atom is -0.397 e. The molecule has 0 amide bonds. The molecule has 0 spiro atoms. The quantitative estimate of drug-likeness (QED) is 0.777. The van der Waals surface area contributed by atoms with Crippen LogP contribution < -0.4 is 5.73 Å². The Bertz CT molecular complexity index is 424. The largest absolute Gasteiger partial charge is 0.397 e. The van der Waals surface area contributed by atoms with Gasteiger partial charge in [-0.25, -0.2) is 0 Å². The second-order valence-electron chi connectivity index (χ2n) is 5.15. The fourth-order valence-corrected chi connectivity index (χ4v) is 3.09. The summed E-state index contributed by atoms with van der Waals surface area (Å²) in [7, 11) is 0. The van der Waals surface area contributed by atoms with Crippen LogP contribution in [0.25, 0.3) is 0 Å². The maximum absolute atomic E-state index is 10.4. The van der Waals surface area contributed by atoms with E-state index in [4.69, 9.17) is 10.5 Å². The molecule has 0 unspecified atom stereocenters. The smallest absolute Gasteiger partial charge is 0.0909 e. The first-order valence-electron chi connectivity index (χ1n) is 6.26. The molecule has 1 aliphatic heterocycles. The van der Waals surface area contributed by atoms with Gasteiger partial charge in [-0.15, -0.1) is 0 Å². The van der Waals surface area contributed by atoms with Gasteiger partial charge in [0.1, 0.15) is 0 Å². The second kappa shape index (κ2) is 3.96. The Labute approximate surface area is 101 Å². The predicted octanol–water partition coefficient (Wildman–Crippen LogP) is 1.80. The van der Waals surface area contributed by atoms with E-state index >= 15 is 0 Å². The van der Waals surface area contributed by atoms with Crippen LogP contribution in [0, 0.1) is 0 Å². The van der Waals surface area contributed by atoms with Crippen molar-refractivity contribution in [3.05, 3.63) is 24.0 Å². The molecule has 3 rings (SSSR count). The highest BCUT2D eigenvalue weighted by Gasteiger charge is 2.46. The lowest BCUT2D eigenvalue weighted by molar-refractivity contribution is -0.161. The summed E-state index contributed by atoms with van der Waals surface area (Å²) in [6, 6.07) is 1.92. The van der Waals surface area contributed by atoms with Crippen LogP contribution in [0.3, 0.4) is 0 Å². The maximum atomic E-state index is 10.4. The van der Waals surface area contributed by atoms with E-state index < -0.39 is 5.60 Å². The summed E-state index contributed by atoms with van der Waals surface area (Å²) in [5.74, 6) is 0. The normalized spacial score (nSPS) is 36.8. The predicted molar refractivity (Wildman–Crippen MR) is 64.3 cm³/mol. The average Bonchev–Trinajstić information content (AvgIpc) is 2.70. The van der Waals surface area contributed by atoms with E-state index in [2.05, 4.69) is 4.98 Å². The van der Waals surface area contributed by atoms with Crippen LogP contribution in [0.5, 0.6) is 0 Å². The first-order valence-corrected chi connectivity index (χ1v) is 6.26. The van der Waals surface area contributed by atoms with Crippen molar-refractivity contribution in [3.63, 3.8) is 0 Å².